The normalized spacial score (nSPS) is 13.6. The molecule has 0 aliphatic carbocycles. The van der Waals surface area contributed by atoms with E-state index in [1.165, 1.54) is 225 Å². The lowest BCUT2D eigenvalue weighted by atomic mass is 10.0. The quantitative estimate of drug-likeness (QED) is 0.0211. The fourth-order valence-electron chi connectivity index (χ4n) is 10.4. The van der Waals surface area contributed by atoms with E-state index < -0.39 is 26.5 Å². The Morgan fingerprint density at radius 1 is 0.372 bits per heavy atom. The van der Waals surface area contributed by atoms with Gasteiger partial charge in [0.1, 0.15) is 19.8 Å². The molecule has 0 bridgehead atoms. The van der Waals surface area contributed by atoms with Gasteiger partial charge in [-0.25, -0.2) is 4.57 Å². The van der Waals surface area contributed by atoms with Crippen molar-refractivity contribution in [2.45, 2.75) is 341 Å². The van der Waals surface area contributed by atoms with Crippen LogP contribution in [0.3, 0.4) is 0 Å². The number of hydrogen-bond donors (Lipinski definition) is 1. The van der Waals surface area contributed by atoms with E-state index in [0.29, 0.717) is 23.9 Å². The number of likely N-dealkylation sites (N-methyl/N-ethyl adjacent to an activating group) is 1. The Balaban J connectivity index is 3.95. The molecule has 2 unspecified atom stereocenters. The maximum atomic E-state index is 12.9. The number of nitrogens with zero attached hydrogens (tertiary/aromatic N) is 1. The van der Waals surface area contributed by atoms with Crippen LogP contribution in [0.15, 0.2) is 85.1 Å². The summed E-state index contributed by atoms with van der Waals surface area (Å²) in [7, 11) is 1.49. The third-order valence-electron chi connectivity index (χ3n) is 15.9. The largest absolute Gasteiger partial charge is 0.472 e. The van der Waals surface area contributed by atoms with Gasteiger partial charge in [0.2, 0.25) is 0 Å². The van der Waals surface area contributed by atoms with Crippen LogP contribution in [0, 0.1) is 0 Å². The van der Waals surface area contributed by atoms with Crippen molar-refractivity contribution in [1.29, 1.82) is 0 Å². The molecule has 0 rings (SSSR count). The number of quaternary nitrogens is 1. The van der Waals surface area contributed by atoms with Crippen molar-refractivity contribution in [2.75, 3.05) is 47.5 Å². The van der Waals surface area contributed by atoms with E-state index in [0.717, 1.165) is 77.0 Å². The van der Waals surface area contributed by atoms with Crippen LogP contribution in [0.2, 0.25) is 0 Å². The molecule has 9 nitrogen and oxygen atoms in total. The highest BCUT2D eigenvalue weighted by atomic mass is 31.2. The lowest BCUT2D eigenvalue weighted by Gasteiger charge is -2.24. The third kappa shape index (κ3) is 70.3. The van der Waals surface area contributed by atoms with Gasteiger partial charge in [0, 0.05) is 12.8 Å². The molecule has 1 N–H and O–H groups in total. The smallest absolute Gasteiger partial charge is 0.462 e. The minimum absolute atomic E-state index is 0.0329. The highest BCUT2D eigenvalue weighted by Crippen LogP contribution is 2.43. The molecule has 0 aromatic carbocycles. The Morgan fingerprint density at radius 2 is 0.663 bits per heavy atom. The summed E-state index contributed by atoms with van der Waals surface area (Å²) in [4.78, 5) is 35.9. The Labute approximate surface area is 532 Å². The Bertz CT molecular complexity index is 1730. The van der Waals surface area contributed by atoms with Crippen LogP contribution in [-0.4, -0.2) is 74.9 Å². The molecular formula is C76H139NO8P+. The number of hydrogen-bond acceptors (Lipinski definition) is 7. The highest BCUT2D eigenvalue weighted by Gasteiger charge is 2.27. The Kier molecular flexibility index (Phi) is 64.4. The molecule has 0 aliphatic rings. The zero-order valence-electron chi connectivity index (χ0n) is 57.0. The van der Waals surface area contributed by atoms with Gasteiger partial charge in [-0.1, -0.05) is 336 Å². The number of phosphoric acid groups is 1. The molecule has 2 atom stereocenters. The van der Waals surface area contributed by atoms with Crippen molar-refractivity contribution < 1.29 is 42.1 Å². The maximum absolute atomic E-state index is 12.9. The second kappa shape index (κ2) is 66.6. The van der Waals surface area contributed by atoms with Crippen LogP contribution in [0.1, 0.15) is 335 Å². The minimum atomic E-state index is -4.39. The molecular weight excluding hydrogens is 1090 g/mol. The molecule has 0 fully saturated rings. The van der Waals surface area contributed by atoms with Crippen LogP contribution in [0.4, 0.5) is 0 Å². The number of phosphoric ester groups is 1. The van der Waals surface area contributed by atoms with Gasteiger partial charge >= 0.3 is 19.8 Å². The summed E-state index contributed by atoms with van der Waals surface area (Å²) in [6.07, 6.45) is 91.3. The molecule has 0 aromatic rings. The van der Waals surface area contributed by atoms with Gasteiger partial charge in [0.15, 0.2) is 6.10 Å². The summed E-state index contributed by atoms with van der Waals surface area (Å²) in [6, 6.07) is 0. The molecule has 0 aliphatic heterocycles. The van der Waals surface area contributed by atoms with Gasteiger partial charge in [-0.15, -0.1) is 0 Å². The van der Waals surface area contributed by atoms with Crippen LogP contribution in [-0.2, 0) is 32.7 Å². The number of unbranched alkanes of at least 4 members (excludes halogenated alkanes) is 39. The zero-order valence-corrected chi connectivity index (χ0v) is 57.9. The SMILES string of the molecule is CC/C=C\C/C=C\C/C=C\C/C=C\C/C=C\C/C=C\C/C=C\CCCCCCCCCCCCCCCCCCCCCC(=O)OC(COC(=O)CCCCCCCCCCCCCCCCCCCCCCC)COP(=O)(O)OCC[N+](C)(C)C. The predicted octanol–water partition coefficient (Wildman–Crippen LogP) is 23.7. The molecule has 0 saturated heterocycles. The van der Waals surface area contributed by atoms with Crippen LogP contribution in [0.5, 0.6) is 0 Å². The average Bonchev–Trinajstić information content (AvgIpc) is 3.70. The average molecular weight is 1230 g/mol. The van der Waals surface area contributed by atoms with Crippen LogP contribution in [0.25, 0.3) is 0 Å². The van der Waals surface area contributed by atoms with Crippen molar-refractivity contribution in [3.05, 3.63) is 85.1 Å². The van der Waals surface area contributed by atoms with Gasteiger partial charge in [-0.3, -0.25) is 18.6 Å². The topological polar surface area (TPSA) is 108 Å². The van der Waals surface area contributed by atoms with Gasteiger partial charge in [0.05, 0.1) is 27.7 Å². The Hall–Kier alpha value is -2.81. The number of rotatable bonds is 67. The first-order valence-corrected chi connectivity index (χ1v) is 37.8. The highest BCUT2D eigenvalue weighted by molar-refractivity contribution is 7.47. The van der Waals surface area contributed by atoms with E-state index in [9.17, 15) is 19.0 Å². The maximum Gasteiger partial charge on any atom is 0.472 e. The van der Waals surface area contributed by atoms with Gasteiger partial charge < -0.3 is 18.9 Å². The molecule has 0 saturated carbocycles. The number of allylic oxidation sites excluding steroid dienone is 14. The first-order valence-electron chi connectivity index (χ1n) is 36.3. The molecule has 10 heteroatoms. The Morgan fingerprint density at radius 3 is 0.988 bits per heavy atom. The van der Waals surface area contributed by atoms with Crippen LogP contribution >= 0.6 is 7.82 Å². The van der Waals surface area contributed by atoms with E-state index in [2.05, 4.69) is 98.9 Å². The number of carbonyl (C=O) groups excluding carboxylic acids is 2. The van der Waals surface area contributed by atoms with Crippen molar-refractivity contribution in [3.63, 3.8) is 0 Å². The molecule has 500 valence electrons. The van der Waals surface area contributed by atoms with Crippen molar-refractivity contribution in [2.24, 2.45) is 0 Å². The van der Waals surface area contributed by atoms with Crippen molar-refractivity contribution in [1.82, 2.24) is 0 Å². The predicted molar refractivity (Wildman–Crippen MR) is 372 cm³/mol. The van der Waals surface area contributed by atoms with Gasteiger partial charge in [-0.2, -0.15) is 0 Å². The van der Waals surface area contributed by atoms with Crippen molar-refractivity contribution in [3.8, 4) is 0 Å². The molecule has 0 radical (unpaired) electrons. The third-order valence-corrected chi connectivity index (χ3v) is 16.9. The monoisotopic (exact) mass is 1230 g/mol. The van der Waals surface area contributed by atoms with Crippen LogP contribution < -0.4 is 0 Å². The lowest BCUT2D eigenvalue weighted by Crippen LogP contribution is -2.37. The summed E-state index contributed by atoms with van der Waals surface area (Å²) < 4.78 is 34.7. The van der Waals surface area contributed by atoms with Crippen molar-refractivity contribution >= 4 is 19.8 Å². The standard InChI is InChI=1S/C76H138NO8P/c1-6-8-10-12-14-16-18-20-22-24-26-28-29-30-31-32-33-34-35-36-37-38-39-40-41-42-43-44-45-46-47-49-51-53-55-57-59-61-63-65-67-69-76(79)85-74(73-84-86(80,81)83-71-70-77(3,4)5)72-82-75(78)68-66-64-62-60-58-56-54-52-50-48-27-25-23-21-19-17-15-13-11-9-7-2/h8,10,14,16,20,22,26,28,30-31,33-34,36-37,74H,6-7,9,11-13,15,17-19,21,23-25,27,29,32,35,38-73H2,1-5H3/p+1/b10-8-,16-14-,22-20-,28-26-,31-30-,34-33-,37-36-. The first-order chi connectivity index (χ1) is 42.0. The summed E-state index contributed by atoms with van der Waals surface area (Å²) in [5, 5.41) is 0. The van der Waals surface area contributed by atoms with E-state index >= 15 is 0 Å². The van der Waals surface area contributed by atoms with E-state index in [4.69, 9.17) is 18.5 Å². The summed E-state index contributed by atoms with van der Waals surface area (Å²) >= 11 is 0. The summed E-state index contributed by atoms with van der Waals surface area (Å²) in [5.41, 5.74) is 0. The summed E-state index contributed by atoms with van der Waals surface area (Å²) in [5.74, 6) is -0.780. The fraction of sp³-hybridized carbons (Fsp3) is 0.789. The molecule has 0 aromatic heterocycles. The molecule has 0 heterocycles. The minimum Gasteiger partial charge on any atom is -0.462 e. The summed E-state index contributed by atoms with van der Waals surface area (Å²) in [6.45, 7) is 4.37. The second-order valence-corrected chi connectivity index (χ2v) is 27.1. The molecule has 86 heavy (non-hydrogen) atoms. The van der Waals surface area contributed by atoms with E-state index in [1.54, 1.807) is 0 Å². The van der Waals surface area contributed by atoms with Gasteiger partial charge in [-0.05, 0) is 70.6 Å². The number of ether oxygens (including phenoxy) is 2. The molecule has 0 amide bonds. The zero-order chi connectivity index (χ0) is 62.6. The first kappa shape index (κ1) is 83.2. The molecule has 0 spiro atoms. The number of carbonyl (C=O) groups is 2. The number of esters is 2. The van der Waals surface area contributed by atoms with Gasteiger partial charge in [0.25, 0.3) is 0 Å². The lowest BCUT2D eigenvalue weighted by molar-refractivity contribution is -0.870. The fourth-order valence-corrected chi connectivity index (χ4v) is 11.2. The van der Waals surface area contributed by atoms with E-state index in [-0.39, 0.29) is 25.6 Å². The van der Waals surface area contributed by atoms with E-state index in [1.807, 2.05) is 21.1 Å². The second-order valence-electron chi connectivity index (χ2n) is 25.6.